The molecule has 2 N–H and O–H groups in total. The van der Waals surface area contributed by atoms with Gasteiger partial charge in [0, 0.05) is 18.8 Å². The van der Waals surface area contributed by atoms with Gasteiger partial charge in [-0.05, 0) is 31.0 Å². The van der Waals surface area contributed by atoms with Crippen molar-refractivity contribution in [1.29, 1.82) is 0 Å². The number of allylic oxidation sites excluding steroid dienone is 1. The number of nitrogens with one attached hydrogen (secondary N) is 2. The minimum atomic E-state index is -0.866. The fraction of sp³-hybridized carbons (Fsp3) is 0.379. The van der Waals surface area contributed by atoms with E-state index in [1.54, 1.807) is 32.0 Å². The molecule has 0 aromatic heterocycles. The van der Waals surface area contributed by atoms with E-state index in [0.717, 1.165) is 6.54 Å². The summed E-state index contributed by atoms with van der Waals surface area (Å²) in [4.78, 5) is 26.1. The van der Waals surface area contributed by atoms with Gasteiger partial charge >= 0.3 is 11.9 Å². The van der Waals surface area contributed by atoms with Gasteiger partial charge in [-0.15, -0.1) is 0 Å². The highest BCUT2D eigenvalue weighted by molar-refractivity contribution is 6.42. The first-order valence-corrected chi connectivity index (χ1v) is 13.4. The number of dihydropyridines is 1. The van der Waals surface area contributed by atoms with Gasteiger partial charge in [0.25, 0.3) is 0 Å². The maximum absolute atomic E-state index is 13.2. The SMILES string of the molecule is CCOC(=O)C1=C(COCCOCCNCc2ccccc2)NC(C)=C(C(=O)OC)[C@H]1c1cccc(Cl)c1Cl. The normalized spacial score (nSPS) is 15.3. The molecule has 0 saturated carbocycles. The first kappa shape index (κ1) is 30.7. The van der Waals surface area contributed by atoms with Crippen LogP contribution in [0.15, 0.2) is 71.1 Å². The zero-order valence-corrected chi connectivity index (χ0v) is 23.9. The van der Waals surface area contributed by atoms with E-state index in [-0.39, 0.29) is 29.4 Å². The van der Waals surface area contributed by atoms with Gasteiger partial charge in [0.2, 0.25) is 0 Å². The van der Waals surface area contributed by atoms with Crippen molar-refractivity contribution in [2.24, 2.45) is 0 Å². The Morgan fingerprint density at radius 1 is 0.949 bits per heavy atom. The Bertz CT molecular complexity index is 1200. The van der Waals surface area contributed by atoms with Crippen molar-refractivity contribution in [2.45, 2.75) is 26.3 Å². The number of benzene rings is 2. The van der Waals surface area contributed by atoms with E-state index in [1.165, 1.54) is 12.7 Å². The van der Waals surface area contributed by atoms with E-state index in [2.05, 4.69) is 22.8 Å². The molecule has 0 bridgehead atoms. The number of carbonyl (C=O) groups is 2. The Balaban J connectivity index is 1.69. The molecule has 0 spiro atoms. The number of halogens is 2. The second-order valence-electron chi connectivity index (χ2n) is 8.67. The summed E-state index contributed by atoms with van der Waals surface area (Å²) in [6.07, 6.45) is 0. The molecule has 1 atom stereocenters. The molecule has 1 heterocycles. The average molecular weight is 578 g/mol. The quantitative estimate of drug-likeness (QED) is 0.245. The van der Waals surface area contributed by atoms with Crippen LogP contribution in [0.4, 0.5) is 0 Å². The third-order valence-corrected chi connectivity index (χ3v) is 6.89. The van der Waals surface area contributed by atoms with E-state index in [0.29, 0.717) is 48.3 Å². The number of hydrogen-bond donors (Lipinski definition) is 2. The molecule has 3 rings (SSSR count). The summed E-state index contributed by atoms with van der Waals surface area (Å²) in [5.41, 5.74) is 3.11. The number of ether oxygens (including phenoxy) is 4. The molecule has 210 valence electrons. The van der Waals surface area contributed by atoms with Crippen molar-refractivity contribution >= 4 is 35.1 Å². The first-order chi connectivity index (χ1) is 18.9. The standard InChI is InChI=1S/C29H34Cl2N2O6/c1-4-39-29(35)26-23(18-38-16-15-37-14-13-32-17-20-9-6-5-7-10-20)33-19(2)24(28(34)36-3)25(26)21-11-8-12-22(30)27(21)31/h5-12,25,32-33H,4,13-18H2,1-3H3/t25-/m1/s1. The minimum Gasteiger partial charge on any atom is -0.466 e. The van der Waals surface area contributed by atoms with Crippen LogP contribution in [0.5, 0.6) is 0 Å². The van der Waals surface area contributed by atoms with Crippen LogP contribution >= 0.6 is 23.2 Å². The number of esters is 2. The maximum Gasteiger partial charge on any atom is 0.336 e. The molecule has 0 unspecified atom stereocenters. The van der Waals surface area contributed by atoms with Gasteiger partial charge < -0.3 is 29.6 Å². The summed E-state index contributed by atoms with van der Waals surface area (Å²) < 4.78 is 21.9. The molecular formula is C29H34Cl2N2O6. The fourth-order valence-electron chi connectivity index (χ4n) is 4.26. The van der Waals surface area contributed by atoms with Crippen LogP contribution in [0.25, 0.3) is 0 Å². The lowest BCUT2D eigenvalue weighted by Crippen LogP contribution is -2.35. The van der Waals surface area contributed by atoms with Crippen molar-refractivity contribution in [3.63, 3.8) is 0 Å². The summed E-state index contributed by atoms with van der Waals surface area (Å²) in [5.74, 6) is -2.06. The molecular weight excluding hydrogens is 543 g/mol. The Morgan fingerprint density at radius 2 is 1.69 bits per heavy atom. The van der Waals surface area contributed by atoms with Crippen molar-refractivity contribution in [3.05, 3.63) is 92.2 Å². The highest BCUT2D eigenvalue weighted by Gasteiger charge is 2.40. The van der Waals surface area contributed by atoms with Crippen molar-refractivity contribution in [1.82, 2.24) is 10.6 Å². The molecule has 0 amide bonds. The van der Waals surface area contributed by atoms with Crippen LogP contribution in [0.2, 0.25) is 10.0 Å². The molecule has 0 radical (unpaired) electrons. The number of carbonyl (C=O) groups excluding carboxylic acids is 2. The highest BCUT2D eigenvalue weighted by Crippen LogP contribution is 2.43. The summed E-state index contributed by atoms with van der Waals surface area (Å²) in [7, 11) is 1.28. The third-order valence-electron chi connectivity index (χ3n) is 6.05. The van der Waals surface area contributed by atoms with Crippen molar-refractivity contribution < 1.29 is 28.5 Å². The molecule has 39 heavy (non-hydrogen) atoms. The van der Waals surface area contributed by atoms with Crippen molar-refractivity contribution in [2.75, 3.05) is 46.7 Å². The van der Waals surface area contributed by atoms with Crippen LogP contribution in [0.3, 0.4) is 0 Å². The fourth-order valence-corrected chi connectivity index (χ4v) is 4.68. The van der Waals surface area contributed by atoms with Gasteiger partial charge in [-0.3, -0.25) is 0 Å². The van der Waals surface area contributed by atoms with Crippen molar-refractivity contribution in [3.8, 4) is 0 Å². The first-order valence-electron chi connectivity index (χ1n) is 12.7. The molecule has 2 aromatic carbocycles. The highest BCUT2D eigenvalue weighted by atomic mass is 35.5. The zero-order chi connectivity index (χ0) is 28.2. The van der Waals surface area contributed by atoms with E-state index < -0.39 is 17.9 Å². The van der Waals surface area contributed by atoms with E-state index in [1.807, 2.05) is 18.2 Å². The van der Waals surface area contributed by atoms with Crippen LogP contribution in [0.1, 0.15) is 30.9 Å². The minimum absolute atomic E-state index is 0.0598. The molecule has 1 aliphatic heterocycles. The predicted octanol–water partition coefficient (Wildman–Crippen LogP) is 4.77. The summed E-state index contributed by atoms with van der Waals surface area (Å²) in [6.45, 7) is 6.33. The van der Waals surface area contributed by atoms with Gasteiger partial charge in [0.15, 0.2) is 0 Å². The number of hydrogen-bond acceptors (Lipinski definition) is 8. The summed E-state index contributed by atoms with van der Waals surface area (Å²) in [6, 6.07) is 15.2. The van der Waals surface area contributed by atoms with Gasteiger partial charge in [-0.1, -0.05) is 65.7 Å². The molecule has 0 aliphatic carbocycles. The van der Waals surface area contributed by atoms with Gasteiger partial charge in [-0.25, -0.2) is 9.59 Å². The van der Waals surface area contributed by atoms with Crippen LogP contribution in [-0.4, -0.2) is 58.6 Å². The summed E-state index contributed by atoms with van der Waals surface area (Å²) >= 11 is 12.9. The summed E-state index contributed by atoms with van der Waals surface area (Å²) in [5, 5.41) is 7.00. The van der Waals surface area contributed by atoms with E-state index >= 15 is 0 Å². The van der Waals surface area contributed by atoms with E-state index in [9.17, 15) is 9.59 Å². The number of rotatable bonds is 14. The lowest BCUT2D eigenvalue weighted by Gasteiger charge is -2.31. The zero-order valence-electron chi connectivity index (χ0n) is 22.4. The molecule has 1 aliphatic rings. The predicted molar refractivity (Wildman–Crippen MR) is 151 cm³/mol. The lowest BCUT2D eigenvalue weighted by molar-refractivity contribution is -0.139. The Morgan fingerprint density at radius 3 is 2.41 bits per heavy atom. The van der Waals surface area contributed by atoms with Crippen LogP contribution in [-0.2, 0) is 35.1 Å². The second kappa shape index (κ2) is 15.6. The van der Waals surface area contributed by atoms with Gasteiger partial charge in [0.1, 0.15) is 0 Å². The lowest BCUT2D eigenvalue weighted by atomic mass is 9.80. The second-order valence-corrected chi connectivity index (χ2v) is 9.46. The van der Waals surface area contributed by atoms with Crippen LogP contribution in [0, 0.1) is 0 Å². The molecule has 0 fully saturated rings. The van der Waals surface area contributed by atoms with Gasteiger partial charge in [-0.2, -0.15) is 0 Å². The Kier molecular flexibility index (Phi) is 12.3. The average Bonchev–Trinajstić information content (AvgIpc) is 2.93. The molecule has 0 saturated heterocycles. The third kappa shape index (κ3) is 8.30. The van der Waals surface area contributed by atoms with Crippen LogP contribution < -0.4 is 10.6 Å². The number of methoxy groups -OCH3 is 1. The Hall–Kier alpha value is -2.88. The monoisotopic (exact) mass is 576 g/mol. The largest absolute Gasteiger partial charge is 0.466 e. The Labute approximate surface area is 239 Å². The topological polar surface area (TPSA) is 95.1 Å². The maximum atomic E-state index is 13.2. The molecule has 2 aromatic rings. The molecule has 8 nitrogen and oxygen atoms in total. The molecule has 10 heteroatoms. The van der Waals surface area contributed by atoms with Gasteiger partial charge in [0.05, 0.1) is 73.0 Å². The van der Waals surface area contributed by atoms with E-state index in [4.69, 9.17) is 42.1 Å². The smallest absolute Gasteiger partial charge is 0.336 e.